The Morgan fingerprint density at radius 3 is 2.47 bits per heavy atom. The second-order valence-electron chi connectivity index (χ2n) is 5.02. The maximum absolute atomic E-state index is 12.3. The van der Waals surface area contributed by atoms with Gasteiger partial charge in [-0.1, -0.05) is 0 Å². The molecule has 0 saturated carbocycles. The molecule has 0 saturated heterocycles. The quantitative estimate of drug-likeness (QED) is 0.856. The van der Waals surface area contributed by atoms with Gasteiger partial charge in [0.25, 0.3) is 0 Å². The average molecular weight is 319 g/mol. The molecule has 0 fully saturated rings. The molecule has 0 aromatic carbocycles. The number of pyridine rings is 1. The second kappa shape index (κ2) is 5.59. The van der Waals surface area contributed by atoms with Crippen LogP contribution in [-0.4, -0.2) is 25.3 Å². The van der Waals surface area contributed by atoms with E-state index in [1.807, 2.05) is 51.3 Å². The summed E-state index contributed by atoms with van der Waals surface area (Å²) in [6.45, 7) is 7.97. The SMILES string of the molecule is CC(c1cncc(Br)c1)N(C)S(=O)C(C)(C)C. The van der Waals surface area contributed by atoms with Gasteiger partial charge in [0.15, 0.2) is 0 Å². The van der Waals surface area contributed by atoms with Crippen LogP contribution < -0.4 is 0 Å². The maximum atomic E-state index is 12.3. The third kappa shape index (κ3) is 3.86. The molecule has 2 unspecified atom stereocenters. The molecule has 0 radical (unpaired) electrons. The van der Waals surface area contributed by atoms with Crippen LogP contribution in [0.15, 0.2) is 22.9 Å². The van der Waals surface area contributed by atoms with Crippen molar-refractivity contribution in [3.05, 3.63) is 28.5 Å². The largest absolute Gasteiger partial charge is 0.263 e. The molecule has 1 aromatic heterocycles. The molecular formula is C12H19BrN2OS. The minimum Gasteiger partial charge on any atom is -0.263 e. The number of aromatic nitrogens is 1. The summed E-state index contributed by atoms with van der Waals surface area (Å²) in [5.41, 5.74) is 1.06. The molecule has 17 heavy (non-hydrogen) atoms. The van der Waals surface area contributed by atoms with E-state index < -0.39 is 11.0 Å². The fourth-order valence-corrected chi connectivity index (χ4v) is 3.10. The Morgan fingerprint density at radius 1 is 1.41 bits per heavy atom. The van der Waals surface area contributed by atoms with Crippen molar-refractivity contribution in [3.63, 3.8) is 0 Å². The Bertz CT molecular complexity index is 417. The lowest BCUT2D eigenvalue weighted by atomic mass is 10.1. The lowest BCUT2D eigenvalue weighted by molar-refractivity contribution is 0.416. The number of nitrogens with zero attached hydrogens (tertiary/aromatic N) is 2. The Kier molecular flexibility index (Phi) is 4.86. The first-order valence-corrected chi connectivity index (χ1v) is 7.38. The molecule has 2 atom stereocenters. The summed E-state index contributed by atoms with van der Waals surface area (Å²) >= 11 is 3.40. The van der Waals surface area contributed by atoms with Crippen LogP contribution in [-0.2, 0) is 11.0 Å². The van der Waals surface area contributed by atoms with Gasteiger partial charge in [-0.3, -0.25) is 4.98 Å². The van der Waals surface area contributed by atoms with Crippen molar-refractivity contribution in [3.8, 4) is 0 Å². The molecule has 5 heteroatoms. The van der Waals surface area contributed by atoms with Crippen LogP contribution in [0.5, 0.6) is 0 Å². The fourth-order valence-electron chi connectivity index (χ4n) is 1.44. The Morgan fingerprint density at radius 2 is 2.00 bits per heavy atom. The van der Waals surface area contributed by atoms with E-state index in [0.29, 0.717) is 0 Å². The van der Waals surface area contributed by atoms with Crippen molar-refractivity contribution in [1.82, 2.24) is 9.29 Å². The van der Waals surface area contributed by atoms with Gasteiger partial charge in [0.05, 0.1) is 15.7 Å². The third-order valence-electron chi connectivity index (χ3n) is 2.54. The van der Waals surface area contributed by atoms with E-state index in [2.05, 4.69) is 20.9 Å². The Balaban J connectivity index is 2.91. The van der Waals surface area contributed by atoms with E-state index in [1.54, 1.807) is 6.20 Å². The zero-order valence-corrected chi connectivity index (χ0v) is 13.3. The first-order valence-electron chi connectivity index (χ1n) is 5.48. The molecule has 0 amide bonds. The van der Waals surface area contributed by atoms with Crippen LogP contribution in [0.2, 0.25) is 0 Å². The Labute approximate surface area is 114 Å². The molecule has 1 aromatic rings. The smallest absolute Gasteiger partial charge is 0.1000 e. The third-order valence-corrected chi connectivity index (χ3v) is 4.86. The van der Waals surface area contributed by atoms with Gasteiger partial charge in [0, 0.05) is 30.0 Å². The molecule has 1 heterocycles. The molecule has 0 N–H and O–H groups in total. The standard InChI is InChI=1S/C12H19BrN2OS/c1-9(10-6-11(13)8-14-7-10)15(5)17(16)12(2,3)4/h6-9H,1-5H3. The van der Waals surface area contributed by atoms with E-state index in [-0.39, 0.29) is 10.8 Å². The topological polar surface area (TPSA) is 33.2 Å². The molecular weight excluding hydrogens is 300 g/mol. The molecule has 0 aliphatic carbocycles. The van der Waals surface area contributed by atoms with Crippen molar-refractivity contribution in [1.29, 1.82) is 0 Å². The van der Waals surface area contributed by atoms with E-state index in [0.717, 1.165) is 10.0 Å². The molecule has 0 bridgehead atoms. The average Bonchev–Trinajstić information content (AvgIpc) is 2.25. The summed E-state index contributed by atoms with van der Waals surface area (Å²) in [5.74, 6) is 0. The predicted molar refractivity (Wildman–Crippen MR) is 76.0 cm³/mol. The summed E-state index contributed by atoms with van der Waals surface area (Å²) in [7, 11) is 0.853. The van der Waals surface area contributed by atoms with E-state index in [9.17, 15) is 4.21 Å². The maximum Gasteiger partial charge on any atom is 0.1000 e. The van der Waals surface area contributed by atoms with Gasteiger partial charge < -0.3 is 0 Å². The molecule has 3 nitrogen and oxygen atoms in total. The van der Waals surface area contributed by atoms with Gasteiger partial charge in [-0.05, 0) is 55.3 Å². The monoisotopic (exact) mass is 318 g/mol. The molecule has 1 rings (SSSR count). The predicted octanol–water partition coefficient (Wildman–Crippen LogP) is 3.30. The lowest BCUT2D eigenvalue weighted by Crippen LogP contribution is -2.36. The van der Waals surface area contributed by atoms with Crippen molar-refractivity contribution in [2.24, 2.45) is 0 Å². The molecule has 0 aliphatic heterocycles. The highest BCUT2D eigenvalue weighted by atomic mass is 79.9. The van der Waals surface area contributed by atoms with Crippen molar-refractivity contribution < 1.29 is 4.21 Å². The highest BCUT2D eigenvalue weighted by molar-refractivity contribution is 9.10. The minimum absolute atomic E-state index is 0.0695. The molecule has 0 spiro atoms. The first-order chi connectivity index (χ1) is 7.73. The van der Waals surface area contributed by atoms with Gasteiger partial charge >= 0.3 is 0 Å². The van der Waals surface area contributed by atoms with Crippen molar-refractivity contribution in [2.45, 2.75) is 38.5 Å². The molecule has 0 aliphatic rings. The summed E-state index contributed by atoms with van der Waals surface area (Å²) < 4.78 is 14.8. The van der Waals surface area contributed by atoms with Crippen LogP contribution in [0.4, 0.5) is 0 Å². The van der Waals surface area contributed by atoms with Crippen LogP contribution >= 0.6 is 15.9 Å². The van der Waals surface area contributed by atoms with E-state index in [1.165, 1.54) is 0 Å². The summed E-state index contributed by atoms with van der Waals surface area (Å²) in [6, 6.07) is 2.08. The molecule has 96 valence electrons. The second-order valence-corrected chi connectivity index (χ2v) is 8.23. The van der Waals surface area contributed by atoms with E-state index in [4.69, 9.17) is 0 Å². The summed E-state index contributed by atoms with van der Waals surface area (Å²) in [4.78, 5) is 4.14. The van der Waals surface area contributed by atoms with Crippen molar-refractivity contribution in [2.75, 3.05) is 7.05 Å². The Hall–Kier alpha value is -0.260. The van der Waals surface area contributed by atoms with E-state index >= 15 is 0 Å². The number of hydrogen-bond acceptors (Lipinski definition) is 2. The highest BCUT2D eigenvalue weighted by Crippen LogP contribution is 2.26. The number of rotatable bonds is 3. The zero-order valence-electron chi connectivity index (χ0n) is 10.9. The van der Waals surface area contributed by atoms with Crippen LogP contribution in [0.3, 0.4) is 0 Å². The van der Waals surface area contributed by atoms with Gasteiger partial charge in [-0.2, -0.15) is 0 Å². The normalized spacial score (nSPS) is 15.9. The number of hydrogen-bond donors (Lipinski definition) is 0. The number of halogens is 1. The summed E-state index contributed by atoms with van der Waals surface area (Å²) in [5, 5.41) is 0. The van der Waals surface area contributed by atoms with Crippen molar-refractivity contribution >= 4 is 26.9 Å². The van der Waals surface area contributed by atoms with Crippen LogP contribution in [0, 0.1) is 0 Å². The van der Waals surface area contributed by atoms with Gasteiger partial charge in [-0.15, -0.1) is 0 Å². The van der Waals surface area contributed by atoms with Gasteiger partial charge in [-0.25, -0.2) is 8.51 Å². The first kappa shape index (κ1) is 14.8. The minimum atomic E-state index is -1.03. The highest BCUT2D eigenvalue weighted by Gasteiger charge is 2.27. The zero-order chi connectivity index (χ0) is 13.2. The lowest BCUT2D eigenvalue weighted by Gasteiger charge is -2.30. The van der Waals surface area contributed by atoms with Gasteiger partial charge in [0.2, 0.25) is 0 Å². The summed E-state index contributed by atoms with van der Waals surface area (Å²) in [6.07, 6.45) is 3.56. The fraction of sp³-hybridized carbons (Fsp3) is 0.583. The van der Waals surface area contributed by atoms with Crippen LogP contribution in [0.1, 0.15) is 39.3 Å². The van der Waals surface area contributed by atoms with Gasteiger partial charge in [0.1, 0.15) is 0 Å². The van der Waals surface area contributed by atoms with Crippen LogP contribution in [0.25, 0.3) is 0 Å².